The maximum atomic E-state index is 13.9. The number of carbonyl (C=O) groups is 3. The van der Waals surface area contributed by atoms with E-state index in [1.165, 1.54) is 7.11 Å². The van der Waals surface area contributed by atoms with Gasteiger partial charge in [0.15, 0.2) is 0 Å². The molecule has 2 aliphatic rings. The summed E-state index contributed by atoms with van der Waals surface area (Å²) in [5.41, 5.74) is 2.94. The van der Waals surface area contributed by atoms with Crippen molar-refractivity contribution in [1.82, 2.24) is 14.5 Å². The van der Waals surface area contributed by atoms with Crippen molar-refractivity contribution in [3.05, 3.63) is 76.2 Å². The second kappa shape index (κ2) is 15.7. The number of nitrogens with one attached hydrogen (secondary N) is 2. The summed E-state index contributed by atoms with van der Waals surface area (Å²) in [6.07, 6.45) is 5.72. The van der Waals surface area contributed by atoms with Gasteiger partial charge in [-0.05, 0) is 67.1 Å². The summed E-state index contributed by atoms with van der Waals surface area (Å²) in [6.45, 7) is 8.15. The number of anilines is 2. The molecule has 48 heavy (non-hydrogen) atoms. The average molecular weight is 713 g/mol. The lowest BCUT2D eigenvalue weighted by Gasteiger charge is -2.37. The first-order chi connectivity index (χ1) is 22.9. The minimum atomic E-state index is -1.35. The maximum Gasteiger partial charge on any atom is 0.411 e. The molecule has 0 spiro atoms. The molecule has 10 nitrogen and oxygen atoms in total. The number of carbonyl (C=O) groups excluding carboxylic acids is 3. The molecule has 2 N–H and O–H groups in total. The number of aromatic nitrogens is 2. The number of allylic oxidation sites excluding steroid dienone is 1. The third-order valence-corrected chi connectivity index (χ3v) is 11.0. The predicted molar refractivity (Wildman–Crippen MR) is 192 cm³/mol. The SMILES string of the molecule is COC(=O)Nc1ccc2c(c1)NC(=O)CC/C=C/C[C@H](N1CCC(c3cccc(Cl)c3)CC1=O)c1nc-2c(Cl)n1COCC[Si](C)(C)C. The molecule has 3 amide bonds. The van der Waals surface area contributed by atoms with Gasteiger partial charge in [-0.25, -0.2) is 9.78 Å². The van der Waals surface area contributed by atoms with Crippen LogP contribution in [-0.2, 0) is 25.8 Å². The average Bonchev–Trinajstić information content (AvgIpc) is 3.36. The number of amides is 3. The van der Waals surface area contributed by atoms with Gasteiger partial charge < -0.3 is 19.7 Å². The Morgan fingerprint density at radius 3 is 2.67 bits per heavy atom. The van der Waals surface area contributed by atoms with Crippen molar-refractivity contribution >= 4 is 60.6 Å². The van der Waals surface area contributed by atoms with E-state index in [9.17, 15) is 14.4 Å². The fourth-order valence-corrected chi connectivity index (χ4v) is 7.23. The van der Waals surface area contributed by atoms with E-state index in [4.69, 9.17) is 37.7 Å². The number of piperidine rings is 1. The Bertz CT molecular complexity index is 1690. The van der Waals surface area contributed by atoms with Gasteiger partial charge >= 0.3 is 6.09 Å². The third-order valence-electron chi connectivity index (χ3n) is 8.65. The fraction of sp³-hybridized carbons (Fsp3) is 0.429. The van der Waals surface area contributed by atoms with Gasteiger partial charge in [-0.1, -0.05) is 67.1 Å². The normalized spacial score (nSPS) is 19.3. The summed E-state index contributed by atoms with van der Waals surface area (Å²) in [6, 6.07) is 13.4. The second-order valence-electron chi connectivity index (χ2n) is 13.4. The van der Waals surface area contributed by atoms with Gasteiger partial charge in [-0.15, -0.1) is 0 Å². The van der Waals surface area contributed by atoms with Gasteiger partial charge in [0, 0.05) is 50.3 Å². The van der Waals surface area contributed by atoms with Gasteiger partial charge in [-0.2, -0.15) is 0 Å². The van der Waals surface area contributed by atoms with Gasteiger partial charge in [0.05, 0.1) is 18.8 Å². The first-order valence-corrected chi connectivity index (χ1v) is 20.7. The molecule has 3 heterocycles. The number of benzene rings is 2. The van der Waals surface area contributed by atoms with Gasteiger partial charge in [0.1, 0.15) is 23.4 Å². The van der Waals surface area contributed by atoms with Crippen LogP contribution in [0.15, 0.2) is 54.6 Å². The van der Waals surface area contributed by atoms with Crippen LogP contribution in [0.3, 0.4) is 0 Å². The van der Waals surface area contributed by atoms with E-state index >= 15 is 0 Å². The smallest absolute Gasteiger partial charge is 0.411 e. The number of imidazole rings is 1. The Morgan fingerprint density at radius 2 is 1.94 bits per heavy atom. The number of hydrogen-bond donors (Lipinski definition) is 2. The van der Waals surface area contributed by atoms with Crippen molar-refractivity contribution in [2.75, 3.05) is 30.9 Å². The Balaban J connectivity index is 1.56. The van der Waals surface area contributed by atoms with Crippen molar-refractivity contribution in [3.8, 4) is 11.3 Å². The molecule has 256 valence electrons. The van der Waals surface area contributed by atoms with Crippen LogP contribution >= 0.6 is 23.2 Å². The number of hydrogen-bond acceptors (Lipinski definition) is 6. The van der Waals surface area contributed by atoms with E-state index in [0.717, 1.165) is 18.0 Å². The van der Waals surface area contributed by atoms with Crippen LogP contribution in [0.2, 0.25) is 35.9 Å². The van der Waals surface area contributed by atoms with E-state index in [1.807, 2.05) is 45.9 Å². The highest BCUT2D eigenvalue weighted by atomic mass is 35.5. The molecule has 1 fully saturated rings. The van der Waals surface area contributed by atoms with E-state index < -0.39 is 20.2 Å². The van der Waals surface area contributed by atoms with Crippen LogP contribution < -0.4 is 10.6 Å². The molecule has 2 bridgehead atoms. The number of rotatable bonds is 8. The summed E-state index contributed by atoms with van der Waals surface area (Å²) in [4.78, 5) is 45.9. The van der Waals surface area contributed by atoms with Crippen molar-refractivity contribution < 1.29 is 23.9 Å². The Hall–Kier alpha value is -3.64. The highest BCUT2D eigenvalue weighted by Gasteiger charge is 2.36. The van der Waals surface area contributed by atoms with Crippen LogP contribution in [0.5, 0.6) is 0 Å². The highest BCUT2D eigenvalue weighted by molar-refractivity contribution is 6.76. The molecular weight excluding hydrogens is 669 g/mol. The molecule has 0 saturated carbocycles. The van der Waals surface area contributed by atoms with Crippen molar-refractivity contribution in [3.63, 3.8) is 0 Å². The molecule has 5 rings (SSSR count). The standard InChI is InChI=1S/C35H43Cl2N5O5Si/c1-46-35(45)38-26-13-14-27-28(21-26)39-30(43)12-7-5-6-11-29(34-40-32(27)33(37)42(34)22-47-17-18-48(2,3)4)41-16-15-24(20-31(41)44)23-9-8-10-25(36)19-23/h5-6,8-10,13-14,19,21,24,29H,7,11-12,15-18,20,22H2,1-4H3,(H,38,45)(H,39,43)/b6-5+/t24?,29-/m0/s1. The maximum absolute atomic E-state index is 13.9. The molecule has 2 atom stereocenters. The van der Waals surface area contributed by atoms with Gasteiger partial charge in [-0.3, -0.25) is 19.5 Å². The zero-order chi connectivity index (χ0) is 34.4. The largest absolute Gasteiger partial charge is 0.453 e. The molecule has 13 heteroatoms. The van der Waals surface area contributed by atoms with Crippen molar-refractivity contribution in [1.29, 1.82) is 0 Å². The number of ether oxygens (including phenoxy) is 2. The highest BCUT2D eigenvalue weighted by Crippen LogP contribution is 2.41. The van der Waals surface area contributed by atoms with Gasteiger partial charge in [0.25, 0.3) is 0 Å². The monoisotopic (exact) mass is 711 g/mol. The van der Waals surface area contributed by atoms with E-state index in [0.29, 0.717) is 71.0 Å². The zero-order valence-electron chi connectivity index (χ0n) is 27.9. The summed E-state index contributed by atoms with van der Waals surface area (Å²) in [5.74, 6) is 0.501. The summed E-state index contributed by atoms with van der Waals surface area (Å²) in [5, 5.41) is 6.61. The van der Waals surface area contributed by atoms with Crippen LogP contribution in [0.4, 0.5) is 16.2 Å². The number of halogens is 2. The Labute approximate surface area is 292 Å². The molecular formula is C35H43Cl2N5O5Si. The third kappa shape index (κ3) is 8.87. The van der Waals surface area contributed by atoms with E-state index in [2.05, 4.69) is 30.3 Å². The molecule has 1 unspecified atom stereocenters. The summed E-state index contributed by atoms with van der Waals surface area (Å²) >= 11 is 13.4. The van der Waals surface area contributed by atoms with Crippen LogP contribution in [0.1, 0.15) is 55.5 Å². The molecule has 2 aromatic carbocycles. The minimum Gasteiger partial charge on any atom is -0.453 e. The quantitative estimate of drug-likeness (QED) is 0.138. The lowest BCUT2D eigenvalue weighted by Crippen LogP contribution is -2.41. The van der Waals surface area contributed by atoms with E-state index in [-0.39, 0.29) is 30.9 Å². The van der Waals surface area contributed by atoms with Gasteiger partial charge in [0.2, 0.25) is 11.8 Å². The first-order valence-electron chi connectivity index (χ1n) is 16.3. The lowest BCUT2D eigenvalue weighted by molar-refractivity contribution is -0.137. The number of fused-ring (bicyclic) bond motifs is 4. The molecule has 0 radical (unpaired) electrons. The number of likely N-dealkylation sites (tertiary alicyclic amines) is 1. The van der Waals surface area contributed by atoms with Crippen molar-refractivity contribution in [2.45, 2.75) is 76.5 Å². The lowest BCUT2D eigenvalue weighted by atomic mass is 9.88. The Morgan fingerprint density at radius 1 is 1.12 bits per heavy atom. The molecule has 2 aliphatic heterocycles. The molecule has 3 aromatic rings. The second-order valence-corrected chi connectivity index (χ2v) is 19.8. The van der Waals surface area contributed by atoms with Crippen molar-refractivity contribution in [2.24, 2.45) is 0 Å². The topological polar surface area (TPSA) is 115 Å². The molecule has 1 saturated heterocycles. The van der Waals surface area contributed by atoms with Crippen LogP contribution in [0.25, 0.3) is 11.3 Å². The summed E-state index contributed by atoms with van der Waals surface area (Å²) in [7, 11) is -0.0728. The van der Waals surface area contributed by atoms with Crippen LogP contribution in [0, 0.1) is 0 Å². The van der Waals surface area contributed by atoms with E-state index in [1.54, 1.807) is 18.2 Å². The molecule has 1 aromatic heterocycles. The molecule has 0 aliphatic carbocycles. The zero-order valence-corrected chi connectivity index (χ0v) is 30.4. The predicted octanol–water partition coefficient (Wildman–Crippen LogP) is 8.47. The number of methoxy groups -OCH3 is 1. The fourth-order valence-electron chi connectivity index (χ4n) is 6.00. The summed E-state index contributed by atoms with van der Waals surface area (Å²) < 4.78 is 12.8. The minimum absolute atomic E-state index is 0.0246. The number of nitrogens with zero attached hydrogens (tertiary/aromatic N) is 3. The Kier molecular flexibility index (Phi) is 11.7. The van der Waals surface area contributed by atoms with Crippen LogP contribution in [-0.4, -0.2) is 60.7 Å². The first kappa shape index (κ1) is 35.7.